The zero-order valence-electron chi connectivity index (χ0n) is 7.92. The Labute approximate surface area is 88.2 Å². The smallest absolute Gasteiger partial charge is 0.0465 e. The van der Waals surface area contributed by atoms with E-state index in [0.29, 0.717) is 0 Å². The Hall–Kier alpha value is -0.340. The lowest BCUT2D eigenvalue weighted by molar-refractivity contribution is 0.195. The summed E-state index contributed by atoms with van der Waals surface area (Å²) in [6.45, 7) is 0.846. The van der Waals surface area contributed by atoms with Crippen LogP contribution in [0.1, 0.15) is 17.5 Å². The standard InChI is InChI=1S/C11H15BrO/c1-13-7-3-6-10-4-2-5-11(8-10)9-12/h2,4-5,8H,3,6-7,9H2,1H3. The van der Waals surface area contributed by atoms with E-state index in [1.807, 2.05) is 0 Å². The molecule has 1 nitrogen and oxygen atoms in total. The van der Waals surface area contributed by atoms with E-state index in [9.17, 15) is 0 Å². The second kappa shape index (κ2) is 6.17. The number of hydrogen-bond donors (Lipinski definition) is 0. The van der Waals surface area contributed by atoms with Gasteiger partial charge in [-0.1, -0.05) is 40.2 Å². The van der Waals surface area contributed by atoms with E-state index < -0.39 is 0 Å². The molecular formula is C11H15BrO. The summed E-state index contributed by atoms with van der Waals surface area (Å²) in [7, 11) is 1.74. The second-order valence-corrected chi connectivity index (χ2v) is 3.61. The molecule has 0 bridgehead atoms. The van der Waals surface area contributed by atoms with Crippen molar-refractivity contribution in [3.8, 4) is 0 Å². The van der Waals surface area contributed by atoms with Gasteiger partial charge in [-0.25, -0.2) is 0 Å². The van der Waals surface area contributed by atoms with Crippen LogP contribution in [0.3, 0.4) is 0 Å². The summed E-state index contributed by atoms with van der Waals surface area (Å²) in [5.41, 5.74) is 2.74. The third-order valence-corrected chi connectivity index (χ3v) is 2.61. The van der Waals surface area contributed by atoms with Crippen LogP contribution in [0.5, 0.6) is 0 Å². The average molecular weight is 243 g/mol. The first-order valence-electron chi connectivity index (χ1n) is 4.49. The maximum Gasteiger partial charge on any atom is 0.0465 e. The molecule has 0 aliphatic heterocycles. The van der Waals surface area contributed by atoms with Crippen LogP contribution in [0.2, 0.25) is 0 Å². The van der Waals surface area contributed by atoms with Crippen molar-refractivity contribution in [3.63, 3.8) is 0 Å². The molecule has 0 aliphatic rings. The number of ether oxygens (including phenoxy) is 1. The molecule has 0 aromatic heterocycles. The van der Waals surface area contributed by atoms with Crippen molar-refractivity contribution >= 4 is 15.9 Å². The summed E-state index contributed by atoms with van der Waals surface area (Å²) in [6, 6.07) is 8.65. The van der Waals surface area contributed by atoms with E-state index in [0.717, 1.165) is 24.8 Å². The van der Waals surface area contributed by atoms with Crippen LogP contribution >= 0.6 is 15.9 Å². The van der Waals surface area contributed by atoms with Crippen LogP contribution in [0.25, 0.3) is 0 Å². The van der Waals surface area contributed by atoms with E-state index in [1.54, 1.807) is 7.11 Å². The van der Waals surface area contributed by atoms with Crippen molar-refractivity contribution in [2.75, 3.05) is 13.7 Å². The van der Waals surface area contributed by atoms with Gasteiger partial charge in [-0.3, -0.25) is 0 Å². The lowest BCUT2D eigenvalue weighted by atomic mass is 10.1. The molecule has 2 heteroatoms. The van der Waals surface area contributed by atoms with Gasteiger partial charge in [0.25, 0.3) is 0 Å². The molecule has 0 saturated heterocycles. The number of rotatable bonds is 5. The van der Waals surface area contributed by atoms with Gasteiger partial charge < -0.3 is 4.74 Å². The molecule has 0 aliphatic carbocycles. The lowest BCUT2D eigenvalue weighted by Gasteiger charge is -2.02. The summed E-state index contributed by atoms with van der Waals surface area (Å²) >= 11 is 3.45. The number of aryl methyl sites for hydroxylation is 1. The Morgan fingerprint density at radius 2 is 2.08 bits per heavy atom. The zero-order valence-corrected chi connectivity index (χ0v) is 9.51. The number of halogens is 1. The van der Waals surface area contributed by atoms with Crippen LogP contribution in [0, 0.1) is 0 Å². The van der Waals surface area contributed by atoms with Gasteiger partial charge in [0, 0.05) is 19.0 Å². The maximum absolute atomic E-state index is 5.01. The van der Waals surface area contributed by atoms with E-state index in [1.165, 1.54) is 11.1 Å². The molecule has 13 heavy (non-hydrogen) atoms. The van der Waals surface area contributed by atoms with Crippen LogP contribution in [0.15, 0.2) is 24.3 Å². The quantitative estimate of drug-likeness (QED) is 0.570. The van der Waals surface area contributed by atoms with E-state index in [-0.39, 0.29) is 0 Å². The highest BCUT2D eigenvalue weighted by molar-refractivity contribution is 9.08. The van der Waals surface area contributed by atoms with Gasteiger partial charge in [0.05, 0.1) is 0 Å². The summed E-state index contributed by atoms with van der Waals surface area (Å²) in [5.74, 6) is 0. The molecule has 0 radical (unpaired) electrons. The molecule has 72 valence electrons. The Morgan fingerprint density at radius 3 is 2.77 bits per heavy atom. The first-order chi connectivity index (χ1) is 6.36. The third kappa shape index (κ3) is 3.92. The SMILES string of the molecule is COCCCc1cccc(CBr)c1. The molecule has 0 spiro atoms. The molecule has 0 saturated carbocycles. The van der Waals surface area contributed by atoms with Crippen molar-refractivity contribution in [2.24, 2.45) is 0 Å². The Bertz CT molecular complexity index is 248. The first-order valence-corrected chi connectivity index (χ1v) is 5.61. The molecular weight excluding hydrogens is 228 g/mol. The Morgan fingerprint density at radius 1 is 1.31 bits per heavy atom. The minimum absolute atomic E-state index is 0.846. The second-order valence-electron chi connectivity index (χ2n) is 3.05. The predicted octanol–water partition coefficient (Wildman–Crippen LogP) is 3.16. The highest BCUT2D eigenvalue weighted by atomic mass is 79.9. The summed E-state index contributed by atoms with van der Waals surface area (Å²) < 4.78 is 5.01. The summed E-state index contributed by atoms with van der Waals surface area (Å²) in [4.78, 5) is 0. The van der Waals surface area contributed by atoms with Crippen LogP contribution in [-0.4, -0.2) is 13.7 Å². The van der Waals surface area contributed by atoms with E-state index in [4.69, 9.17) is 4.74 Å². The molecule has 0 N–H and O–H groups in total. The van der Waals surface area contributed by atoms with Gasteiger partial charge in [-0.05, 0) is 24.0 Å². The van der Waals surface area contributed by atoms with Crippen molar-refractivity contribution in [3.05, 3.63) is 35.4 Å². The highest BCUT2D eigenvalue weighted by Gasteiger charge is 1.94. The lowest BCUT2D eigenvalue weighted by Crippen LogP contribution is -1.93. The summed E-state index contributed by atoms with van der Waals surface area (Å²) in [5, 5.41) is 0.936. The van der Waals surface area contributed by atoms with Gasteiger partial charge in [0.2, 0.25) is 0 Å². The fraction of sp³-hybridized carbons (Fsp3) is 0.455. The maximum atomic E-state index is 5.01. The third-order valence-electron chi connectivity index (χ3n) is 1.96. The highest BCUT2D eigenvalue weighted by Crippen LogP contribution is 2.10. The fourth-order valence-electron chi connectivity index (χ4n) is 1.29. The van der Waals surface area contributed by atoms with Crippen molar-refractivity contribution in [1.29, 1.82) is 0 Å². The average Bonchev–Trinajstić information content (AvgIpc) is 2.19. The molecule has 0 amide bonds. The van der Waals surface area contributed by atoms with Gasteiger partial charge in [-0.2, -0.15) is 0 Å². The topological polar surface area (TPSA) is 9.23 Å². The fourth-order valence-corrected chi connectivity index (χ4v) is 1.64. The normalized spacial score (nSPS) is 10.3. The molecule has 0 unspecified atom stereocenters. The van der Waals surface area contributed by atoms with Gasteiger partial charge in [-0.15, -0.1) is 0 Å². The van der Waals surface area contributed by atoms with Crippen molar-refractivity contribution in [1.82, 2.24) is 0 Å². The first kappa shape index (κ1) is 10.7. The van der Waals surface area contributed by atoms with Gasteiger partial charge >= 0.3 is 0 Å². The van der Waals surface area contributed by atoms with Crippen LogP contribution in [-0.2, 0) is 16.5 Å². The number of alkyl halides is 1. The molecule has 0 atom stereocenters. The van der Waals surface area contributed by atoms with Crippen LogP contribution in [0.4, 0.5) is 0 Å². The largest absolute Gasteiger partial charge is 0.385 e. The van der Waals surface area contributed by atoms with Crippen LogP contribution < -0.4 is 0 Å². The van der Waals surface area contributed by atoms with E-state index >= 15 is 0 Å². The number of methoxy groups -OCH3 is 1. The number of hydrogen-bond acceptors (Lipinski definition) is 1. The molecule has 1 rings (SSSR count). The monoisotopic (exact) mass is 242 g/mol. The molecule has 0 fully saturated rings. The minimum atomic E-state index is 0.846. The minimum Gasteiger partial charge on any atom is -0.385 e. The predicted molar refractivity (Wildman–Crippen MR) is 59.3 cm³/mol. The number of benzene rings is 1. The van der Waals surface area contributed by atoms with E-state index in [2.05, 4.69) is 40.2 Å². The zero-order chi connectivity index (χ0) is 9.52. The van der Waals surface area contributed by atoms with Crippen molar-refractivity contribution < 1.29 is 4.74 Å². The van der Waals surface area contributed by atoms with Gasteiger partial charge in [0.15, 0.2) is 0 Å². The Balaban J connectivity index is 2.46. The van der Waals surface area contributed by atoms with Gasteiger partial charge in [0.1, 0.15) is 0 Å². The molecule has 0 heterocycles. The van der Waals surface area contributed by atoms with Crippen molar-refractivity contribution in [2.45, 2.75) is 18.2 Å². The molecule has 1 aromatic carbocycles. The summed E-state index contributed by atoms with van der Waals surface area (Å²) in [6.07, 6.45) is 2.21. The molecule has 1 aromatic rings. The Kier molecular flexibility index (Phi) is 5.09.